The number of fused-ring (bicyclic) bond motifs is 1. The highest BCUT2D eigenvalue weighted by molar-refractivity contribution is 6.08. The molecule has 9 heteroatoms. The summed E-state index contributed by atoms with van der Waals surface area (Å²) >= 11 is 0. The minimum atomic E-state index is -1.15. The van der Waals surface area contributed by atoms with Gasteiger partial charge in [-0.2, -0.15) is 0 Å². The van der Waals surface area contributed by atoms with E-state index >= 15 is 0 Å². The van der Waals surface area contributed by atoms with Crippen LogP contribution in [0.1, 0.15) is 18.1 Å². The van der Waals surface area contributed by atoms with E-state index < -0.39 is 23.4 Å². The Labute approximate surface area is 185 Å². The number of ether oxygens (including phenoxy) is 3. The summed E-state index contributed by atoms with van der Waals surface area (Å²) in [6, 6.07) is 12.4. The Hall–Kier alpha value is -3.75. The number of urea groups is 1. The Morgan fingerprint density at radius 2 is 2.00 bits per heavy atom. The first kappa shape index (κ1) is 21.5. The molecule has 2 N–H and O–H groups in total. The molecule has 0 aromatic heterocycles. The third-order valence-electron chi connectivity index (χ3n) is 5.32. The molecule has 0 aliphatic carbocycles. The molecule has 2 heterocycles. The third-order valence-corrected chi connectivity index (χ3v) is 5.32. The second kappa shape index (κ2) is 8.78. The van der Waals surface area contributed by atoms with Crippen LogP contribution in [-0.2, 0) is 16.0 Å². The molecular weight excluding hydrogens is 414 g/mol. The summed E-state index contributed by atoms with van der Waals surface area (Å²) in [7, 11) is 0. The molecule has 0 spiro atoms. The highest BCUT2D eigenvalue weighted by atomic mass is 16.7. The van der Waals surface area contributed by atoms with Gasteiger partial charge in [-0.3, -0.25) is 14.5 Å². The van der Waals surface area contributed by atoms with Gasteiger partial charge in [-0.25, -0.2) is 4.79 Å². The molecule has 9 nitrogen and oxygen atoms in total. The van der Waals surface area contributed by atoms with Crippen molar-refractivity contribution >= 4 is 17.8 Å². The van der Waals surface area contributed by atoms with Crippen LogP contribution in [0.3, 0.4) is 0 Å². The van der Waals surface area contributed by atoms with Gasteiger partial charge in [0.1, 0.15) is 24.4 Å². The third kappa shape index (κ3) is 4.61. The lowest BCUT2D eigenvalue weighted by Crippen LogP contribution is -2.47. The van der Waals surface area contributed by atoms with E-state index in [2.05, 4.69) is 10.6 Å². The van der Waals surface area contributed by atoms with Crippen LogP contribution in [0.5, 0.6) is 17.2 Å². The summed E-state index contributed by atoms with van der Waals surface area (Å²) in [5.41, 5.74) is 0.734. The minimum Gasteiger partial charge on any atom is -0.492 e. The van der Waals surface area contributed by atoms with Crippen molar-refractivity contribution in [1.29, 1.82) is 0 Å². The number of imide groups is 1. The highest BCUT2D eigenvalue weighted by Crippen LogP contribution is 2.34. The van der Waals surface area contributed by atoms with E-state index in [1.165, 1.54) is 0 Å². The normalized spacial score (nSPS) is 19.1. The molecule has 1 unspecified atom stereocenters. The van der Waals surface area contributed by atoms with Gasteiger partial charge < -0.3 is 24.8 Å². The molecule has 32 heavy (non-hydrogen) atoms. The Kier molecular flexibility index (Phi) is 5.89. The SMILES string of the molecule is Cc1cccc(OCCNC(=O)CN2C(=O)NC(C)(Cc3ccc4c(c3)OCO4)C2=O)c1. The lowest BCUT2D eigenvalue weighted by molar-refractivity contribution is -0.134. The number of carbonyl (C=O) groups is 3. The summed E-state index contributed by atoms with van der Waals surface area (Å²) in [4.78, 5) is 38.6. The van der Waals surface area contributed by atoms with E-state index in [1.54, 1.807) is 19.1 Å². The molecular formula is C23H25N3O6. The highest BCUT2D eigenvalue weighted by Gasteiger charge is 2.48. The monoisotopic (exact) mass is 439 g/mol. The summed E-state index contributed by atoms with van der Waals surface area (Å²) in [5, 5.41) is 5.38. The van der Waals surface area contributed by atoms with Gasteiger partial charge in [0.15, 0.2) is 11.5 Å². The summed E-state index contributed by atoms with van der Waals surface area (Å²) in [6.45, 7) is 3.94. The summed E-state index contributed by atoms with van der Waals surface area (Å²) < 4.78 is 16.3. The lowest BCUT2D eigenvalue weighted by atomic mass is 9.92. The van der Waals surface area contributed by atoms with Crippen LogP contribution in [0.2, 0.25) is 0 Å². The Balaban J connectivity index is 1.28. The average Bonchev–Trinajstić information content (AvgIpc) is 3.29. The van der Waals surface area contributed by atoms with Gasteiger partial charge in [0.05, 0.1) is 6.54 Å². The molecule has 0 bridgehead atoms. The zero-order valence-electron chi connectivity index (χ0n) is 18.0. The largest absolute Gasteiger partial charge is 0.492 e. The van der Waals surface area contributed by atoms with Gasteiger partial charge in [-0.15, -0.1) is 0 Å². The lowest BCUT2D eigenvalue weighted by Gasteiger charge is -2.22. The fourth-order valence-corrected chi connectivity index (χ4v) is 3.73. The van der Waals surface area contributed by atoms with E-state index in [9.17, 15) is 14.4 Å². The average molecular weight is 439 g/mol. The van der Waals surface area contributed by atoms with Crippen molar-refractivity contribution in [2.45, 2.75) is 25.8 Å². The van der Waals surface area contributed by atoms with Gasteiger partial charge in [-0.1, -0.05) is 18.2 Å². The zero-order valence-corrected chi connectivity index (χ0v) is 18.0. The molecule has 4 amide bonds. The fourth-order valence-electron chi connectivity index (χ4n) is 3.73. The summed E-state index contributed by atoms with van der Waals surface area (Å²) in [5.74, 6) is 1.07. The molecule has 0 saturated carbocycles. The van der Waals surface area contributed by atoms with Crippen LogP contribution in [0, 0.1) is 6.92 Å². The molecule has 4 rings (SSSR count). The van der Waals surface area contributed by atoms with E-state index in [0.29, 0.717) is 17.2 Å². The van der Waals surface area contributed by atoms with Crippen molar-refractivity contribution in [1.82, 2.24) is 15.5 Å². The predicted molar refractivity (Wildman–Crippen MR) is 115 cm³/mol. The van der Waals surface area contributed by atoms with Crippen molar-refractivity contribution < 1.29 is 28.6 Å². The van der Waals surface area contributed by atoms with Crippen molar-refractivity contribution in [2.24, 2.45) is 0 Å². The van der Waals surface area contributed by atoms with E-state index in [1.807, 2.05) is 37.3 Å². The molecule has 2 aromatic carbocycles. The molecule has 2 aromatic rings. The van der Waals surface area contributed by atoms with Crippen molar-refractivity contribution in [3.8, 4) is 17.2 Å². The van der Waals surface area contributed by atoms with E-state index in [-0.39, 0.29) is 32.9 Å². The van der Waals surface area contributed by atoms with Gasteiger partial charge in [0.25, 0.3) is 5.91 Å². The second-order valence-corrected chi connectivity index (χ2v) is 8.03. The van der Waals surface area contributed by atoms with Crippen LogP contribution in [0.4, 0.5) is 4.79 Å². The number of hydrogen-bond acceptors (Lipinski definition) is 6. The van der Waals surface area contributed by atoms with Crippen LogP contribution in [0.15, 0.2) is 42.5 Å². The van der Waals surface area contributed by atoms with Gasteiger partial charge in [0.2, 0.25) is 12.7 Å². The number of hydrogen-bond donors (Lipinski definition) is 2. The minimum absolute atomic E-state index is 0.157. The number of nitrogens with one attached hydrogen (secondary N) is 2. The number of aryl methyl sites for hydroxylation is 1. The standard InChI is InChI=1S/C23H25N3O6/c1-15-4-3-5-17(10-15)30-9-8-24-20(27)13-26-21(28)23(2,25-22(26)29)12-16-6-7-18-19(11-16)32-14-31-18/h3-7,10-11H,8-9,12-14H2,1-2H3,(H,24,27)(H,25,29). The van der Waals surface area contributed by atoms with Crippen molar-refractivity contribution in [3.05, 3.63) is 53.6 Å². The van der Waals surface area contributed by atoms with Gasteiger partial charge >= 0.3 is 6.03 Å². The first-order chi connectivity index (χ1) is 15.3. The van der Waals surface area contributed by atoms with Gasteiger partial charge in [-0.05, 0) is 49.2 Å². The number of rotatable bonds is 8. The number of carbonyl (C=O) groups excluding carboxylic acids is 3. The maximum atomic E-state index is 12.9. The molecule has 2 aliphatic rings. The molecule has 2 aliphatic heterocycles. The summed E-state index contributed by atoms with van der Waals surface area (Å²) in [6.07, 6.45) is 0.261. The Morgan fingerprint density at radius 1 is 1.19 bits per heavy atom. The zero-order chi connectivity index (χ0) is 22.7. The molecule has 1 saturated heterocycles. The molecule has 1 atom stereocenters. The topological polar surface area (TPSA) is 106 Å². The second-order valence-electron chi connectivity index (χ2n) is 8.03. The first-order valence-corrected chi connectivity index (χ1v) is 10.3. The van der Waals surface area contributed by atoms with Crippen LogP contribution >= 0.6 is 0 Å². The van der Waals surface area contributed by atoms with Crippen LogP contribution in [-0.4, -0.2) is 54.8 Å². The predicted octanol–water partition coefficient (Wildman–Crippen LogP) is 1.77. The maximum absolute atomic E-state index is 12.9. The molecule has 168 valence electrons. The quantitative estimate of drug-likeness (QED) is 0.480. The molecule has 0 radical (unpaired) electrons. The van der Waals surface area contributed by atoms with Crippen LogP contribution < -0.4 is 24.8 Å². The van der Waals surface area contributed by atoms with Crippen molar-refractivity contribution in [3.63, 3.8) is 0 Å². The van der Waals surface area contributed by atoms with Crippen LogP contribution in [0.25, 0.3) is 0 Å². The smallest absolute Gasteiger partial charge is 0.325 e. The number of benzene rings is 2. The number of amides is 4. The molecule has 1 fully saturated rings. The van der Waals surface area contributed by atoms with E-state index in [0.717, 1.165) is 16.0 Å². The van der Waals surface area contributed by atoms with E-state index in [4.69, 9.17) is 14.2 Å². The Bertz CT molecular complexity index is 1060. The van der Waals surface area contributed by atoms with Crippen molar-refractivity contribution in [2.75, 3.05) is 26.5 Å². The van der Waals surface area contributed by atoms with Gasteiger partial charge in [0, 0.05) is 6.42 Å². The number of nitrogens with zero attached hydrogens (tertiary/aromatic N) is 1. The fraction of sp³-hybridized carbons (Fsp3) is 0.348. The Morgan fingerprint density at radius 3 is 2.81 bits per heavy atom. The first-order valence-electron chi connectivity index (χ1n) is 10.3. The maximum Gasteiger partial charge on any atom is 0.325 e.